The van der Waals surface area contributed by atoms with Gasteiger partial charge in [0.2, 0.25) is 0 Å². The first kappa shape index (κ1) is 14.1. The number of carboxylic acid groups (broad SMARTS) is 1. The van der Waals surface area contributed by atoms with Crippen molar-refractivity contribution < 1.29 is 20.1 Å². The van der Waals surface area contributed by atoms with Crippen molar-refractivity contribution in [3.63, 3.8) is 0 Å². The summed E-state index contributed by atoms with van der Waals surface area (Å²) in [4.78, 5) is 15.2. The van der Waals surface area contributed by atoms with Gasteiger partial charge in [-0.05, 0) is 40.9 Å². The lowest BCUT2D eigenvalue weighted by atomic mass is 9.97. The van der Waals surface area contributed by atoms with Crippen molar-refractivity contribution in [2.75, 3.05) is 6.61 Å². The maximum atomic E-state index is 11.1. The number of aliphatic hydroxyl groups is 2. The summed E-state index contributed by atoms with van der Waals surface area (Å²) in [7, 11) is 0. The zero-order valence-electron chi connectivity index (χ0n) is 9.08. The Balaban J connectivity index is 2.76. The molecule has 0 aliphatic heterocycles. The zero-order valence-corrected chi connectivity index (χ0v) is 10.7. The smallest absolute Gasteiger partial charge is 0.312 e. The fraction of sp³-hybridized carbons (Fsp3) is 0.455. The molecule has 0 aliphatic rings. The highest BCUT2D eigenvalue weighted by atomic mass is 79.9. The topological polar surface area (TPSA) is 90.7 Å². The van der Waals surface area contributed by atoms with Crippen LogP contribution in [0.5, 0.6) is 0 Å². The molecular formula is C11H14BrNO4. The molecule has 0 bridgehead atoms. The van der Waals surface area contributed by atoms with Crippen molar-refractivity contribution >= 4 is 21.9 Å². The van der Waals surface area contributed by atoms with Crippen molar-refractivity contribution in [3.8, 4) is 0 Å². The van der Waals surface area contributed by atoms with Crippen LogP contribution in [-0.2, 0) is 4.79 Å². The molecule has 0 amide bonds. The normalized spacial score (nSPS) is 14.3. The molecule has 3 N–H and O–H groups in total. The van der Waals surface area contributed by atoms with Crippen LogP contribution in [0.3, 0.4) is 0 Å². The number of aromatic nitrogens is 1. The van der Waals surface area contributed by atoms with Crippen LogP contribution >= 0.6 is 15.9 Å². The van der Waals surface area contributed by atoms with Gasteiger partial charge in [-0.1, -0.05) is 6.07 Å². The van der Waals surface area contributed by atoms with E-state index in [4.69, 9.17) is 10.2 Å². The highest BCUT2D eigenvalue weighted by Crippen LogP contribution is 2.22. The van der Waals surface area contributed by atoms with Crippen molar-refractivity contribution in [1.82, 2.24) is 4.98 Å². The molecule has 94 valence electrons. The number of aliphatic carboxylic acids is 1. The van der Waals surface area contributed by atoms with E-state index < -0.39 is 18.0 Å². The monoisotopic (exact) mass is 303 g/mol. The van der Waals surface area contributed by atoms with Crippen LogP contribution in [0.4, 0.5) is 0 Å². The maximum Gasteiger partial charge on any atom is 0.312 e. The Morgan fingerprint density at radius 2 is 2.12 bits per heavy atom. The second kappa shape index (κ2) is 6.68. The summed E-state index contributed by atoms with van der Waals surface area (Å²) in [6, 6.07) is 5.06. The third-order valence-corrected chi connectivity index (χ3v) is 2.83. The van der Waals surface area contributed by atoms with E-state index in [-0.39, 0.29) is 19.4 Å². The lowest BCUT2D eigenvalue weighted by molar-refractivity contribution is -0.139. The Morgan fingerprint density at radius 1 is 1.41 bits per heavy atom. The fourth-order valence-electron chi connectivity index (χ4n) is 1.47. The number of hydrogen-bond donors (Lipinski definition) is 3. The van der Waals surface area contributed by atoms with Gasteiger partial charge < -0.3 is 15.3 Å². The summed E-state index contributed by atoms with van der Waals surface area (Å²) in [6.07, 6.45) is -0.425. The number of nitrogens with zero attached hydrogens (tertiary/aromatic N) is 1. The van der Waals surface area contributed by atoms with E-state index in [1.165, 1.54) is 0 Å². The summed E-state index contributed by atoms with van der Waals surface area (Å²) >= 11 is 3.18. The summed E-state index contributed by atoms with van der Waals surface area (Å²) in [5, 5.41) is 27.0. The predicted molar refractivity (Wildman–Crippen MR) is 64.6 cm³/mol. The predicted octanol–water partition coefficient (Wildman–Crippen LogP) is 1.15. The Morgan fingerprint density at radius 3 is 2.65 bits per heavy atom. The van der Waals surface area contributed by atoms with Gasteiger partial charge in [0, 0.05) is 0 Å². The molecular weight excluding hydrogens is 290 g/mol. The molecule has 1 heterocycles. The van der Waals surface area contributed by atoms with Gasteiger partial charge in [0.25, 0.3) is 0 Å². The van der Waals surface area contributed by atoms with E-state index in [1.807, 2.05) is 0 Å². The van der Waals surface area contributed by atoms with Crippen molar-refractivity contribution in [3.05, 3.63) is 28.5 Å². The molecule has 0 aromatic carbocycles. The van der Waals surface area contributed by atoms with Crippen molar-refractivity contribution in [2.24, 2.45) is 0 Å². The summed E-state index contributed by atoms with van der Waals surface area (Å²) in [6.45, 7) is -0.363. The second-order valence-corrected chi connectivity index (χ2v) is 4.50. The molecule has 2 atom stereocenters. The Kier molecular flexibility index (Phi) is 5.54. The minimum absolute atomic E-state index is 0.224. The number of rotatable bonds is 6. The van der Waals surface area contributed by atoms with Gasteiger partial charge in [0.15, 0.2) is 0 Å². The average molecular weight is 304 g/mol. The number of hydrogen-bond acceptors (Lipinski definition) is 4. The van der Waals surface area contributed by atoms with E-state index in [0.29, 0.717) is 10.3 Å². The fourth-order valence-corrected chi connectivity index (χ4v) is 1.82. The van der Waals surface area contributed by atoms with Crippen LogP contribution in [-0.4, -0.2) is 39.0 Å². The molecule has 0 saturated heterocycles. The molecule has 0 spiro atoms. The van der Waals surface area contributed by atoms with E-state index in [1.54, 1.807) is 18.2 Å². The van der Waals surface area contributed by atoms with E-state index in [0.717, 1.165) is 0 Å². The van der Waals surface area contributed by atoms with Crippen LogP contribution in [0.25, 0.3) is 0 Å². The molecule has 6 heteroatoms. The minimum Gasteiger partial charge on any atom is -0.481 e. The van der Waals surface area contributed by atoms with Gasteiger partial charge in [-0.15, -0.1) is 0 Å². The number of pyridine rings is 1. The van der Waals surface area contributed by atoms with Crippen LogP contribution in [0.2, 0.25) is 0 Å². The second-order valence-electron chi connectivity index (χ2n) is 3.69. The summed E-state index contributed by atoms with van der Waals surface area (Å²) in [5.41, 5.74) is 0.442. The lowest BCUT2D eigenvalue weighted by Crippen LogP contribution is -2.18. The van der Waals surface area contributed by atoms with Gasteiger partial charge in [-0.2, -0.15) is 0 Å². The lowest BCUT2D eigenvalue weighted by Gasteiger charge is -2.13. The molecule has 2 unspecified atom stereocenters. The first-order valence-electron chi connectivity index (χ1n) is 5.18. The number of aliphatic hydroxyl groups excluding tert-OH is 2. The van der Waals surface area contributed by atoms with Crippen molar-refractivity contribution in [2.45, 2.75) is 24.9 Å². The van der Waals surface area contributed by atoms with Crippen LogP contribution in [0.15, 0.2) is 22.8 Å². The zero-order chi connectivity index (χ0) is 12.8. The van der Waals surface area contributed by atoms with Gasteiger partial charge in [0.1, 0.15) is 4.60 Å². The van der Waals surface area contributed by atoms with E-state index in [9.17, 15) is 9.90 Å². The first-order chi connectivity index (χ1) is 8.04. The van der Waals surface area contributed by atoms with Crippen LogP contribution < -0.4 is 0 Å². The third-order valence-electron chi connectivity index (χ3n) is 2.39. The largest absolute Gasteiger partial charge is 0.481 e. The van der Waals surface area contributed by atoms with Gasteiger partial charge in [-0.3, -0.25) is 4.79 Å². The summed E-state index contributed by atoms with van der Waals surface area (Å²) in [5.74, 6) is -1.76. The SMILES string of the molecule is O=C(O)C(CCC(O)CO)c1cccc(Br)n1. The maximum absolute atomic E-state index is 11.1. The summed E-state index contributed by atoms with van der Waals surface area (Å²) < 4.78 is 0.573. The van der Waals surface area contributed by atoms with Crippen LogP contribution in [0, 0.1) is 0 Å². The first-order valence-corrected chi connectivity index (χ1v) is 5.98. The Hall–Kier alpha value is -0.980. The number of halogens is 1. The molecule has 1 aromatic rings. The van der Waals surface area contributed by atoms with Gasteiger partial charge in [-0.25, -0.2) is 4.98 Å². The molecule has 1 aromatic heterocycles. The molecule has 0 aliphatic carbocycles. The van der Waals surface area contributed by atoms with E-state index >= 15 is 0 Å². The minimum atomic E-state index is -0.985. The number of carbonyl (C=O) groups is 1. The molecule has 1 rings (SSSR count). The quantitative estimate of drug-likeness (QED) is 0.686. The molecule has 0 saturated carbocycles. The highest BCUT2D eigenvalue weighted by molar-refractivity contribution is 9.10. The standard InChI is InChI=1S/C11H14BrNO4/c12-10-3-1-2-9(13-10)8(11(16)17)5-4-7(15)6-14/h1-3,7-8,14-15H,4-6H2,(H,16,17). The number of carboxylic acids is 1. The van der Waals surface area contributed by atoms with Gasteiger partial charge in [0.05, 0.1) is 24.3 Å². The molecule has 0 radical (unpaired) electrons. The third kappa shape index (κ3) is 4.41. The average Bonchev–Trinajstić information content (AvgIpc) is 2.28. The van der Waals surface area contributed by atoms with Gasteiger partial charge >= 0.3 is 5.97 Å². The molecule has 5 nitrogen and oxygen atoms in total. The van der Waals surface area contributed by atoms with E-state index in [2.05, 4.69) is 20.9 Å². The highest BCUT2D eigenvalue weighted by Gasteiger charge is 2.22. The molecule has 17 heavy (non-hydrogen) atoms. The van der Waals surface area contributed by atoms with Crippen LogP contribution in [0.1, 0.15) is 24.5 Å². The van der Waals surface area contributed by atoms with Crippen molar-refractivity contribution in [1.29, 1.82) is 0 Å². The Labute approximate surface area is 107 Å². The Bertz CT molecular complexity index is 385. The molecule has 0 fully saturated rings.